The molecule has 0 radical (unpaired) electrons. The van der Waals surface area contributed by atoms with E-state index in [1.807, 2.05) is 6.92 Å². The zero-order valence-corrected chi connectivity index (χ0v) is 7.32. The van der Waals surface area contributed by atoms with Crippen LogP contribution < -0.4 is 5.73 Å². The van der Waals surface area contributed by atoms with Crippen molar-refractivity contribution in [3.63, 3.8) is 0 Å². The van der Waals surface area contributed by atoms with Gasteiger partial charge in [0.25, 0.3) is 0 Å². The molecule has 0 saturated carbocycles. The molecule has 0 fully saturated rings. The second-order valence-corrected chi connectivity index (χ2v) is 3.06. The molecular formula is C8H16F3N. The number of nitrogens with two attached hydrogens (primary N) is 1. The van der Waals surface area contributed by atoms with Crippen molar-refractivity contribution >= 4 is 0 Å². The first-order valence-corrected chi connectivity index (χ1v) is 4.28. The van der Waals surface area contributed by atoms with E-state index >= 15 is 0 Å². The Hall–Kier alpha value is -0.250. The molecule has 2 N–H and O–H groups in total. The van der Waals surface area contributed by atoms with Crippen molar-refractivity contribution in [2.45, 2.75) is 51.2 Å². The van der Waals surface area contributed by atoms with Gasteiger partial charge in [-0.3, -0.25) is 0 Å². The van der Waals surface area contributed by atoms with Gasteiger partial charge in [0.05, 0.1) is 0 Å². The third-order valence-corrected chi connectivity index (χ3v) is 1.69. The van der Waals surface area contributed by atoms with E-state index in [-0.39, 0.29) is 12.5 Å². The lowest BCUT2D eigenvalue weighted by Crippen LogP contribution is -2.20. The summed E-state index contributed by atoms with van der Waals surface area (Å²) in [4.78, 5) is 0. The maximum absolute atomic E-state index is 11.7. The van der Waals surface area contributed by atoms with E-state index in [0.717, 1.165) is 12.8 Å². The molecule has 0 amide bonds. The third kappa shape index (κ3) is 7.85. The fourth-order valence-corrected chi connectivity index (χ4v) is 1.08. The first-order chi connectivity index (χ1) is 5.45. The lowest BCUT2D eigenvalue weighted by atomic mass is 10.1. The molecule has 0 rings (SSSR count). The molecule has 0 aromatic heterocycles. The Morgan fingerprint density at radius 2 is 1.83 bits per heavy atom. The Kier molecular flexibility index (Phi) is 5.29. The highest BCUT2D eigenvalue weighted by atomic mass is 19.4. The van der Waals surface area contributed by atoms with Gasteiger partial charge >= 0.3 is 6.18 Å². The smallest absolute Gasteiger partial charge is 0.328 e. The minimum atomic E-state index is -4.02. The SMILES string of the molecule is CCCC(N)CCCC(F)(F)F. The molecule has 4 heteroatoms. The van der Waals surface area contributed by atoms with E-state index in [9.17, 15) is 13.2 Å². The van der Waals surface area contributed by atoms with Crippen LogP contribution in [0.1, 0.15) is 39.0 Å². The fraction of sp³-hybridized carbons (Fsp3) is 1.00. The van der Waals surface area contributed by atoms with Gasteiger partial charge in [0.15, 0.2) is 0 Å². The molecule has 1 nitrogen and oxygen atoms in total. The molecule has 0 heterocycles. The van der Waals surface area contributed by atoms with Crippen molar-refractivity contribution < 1.29 is 13.2 Å². The van der Waals surface area contributed by atoms with Crippen LogP contribution in [0.25, 0.3) is 0 Å². The zero-order chi connectivity index (χ0) is 9.61. The summed E-state index contributed by atoms with van der Waals surface area (Å²) < 4.78 is 35.0. The molecular weight excluding hydrogens is 167 g/mol. The molecule has 0 aliphatic heterocycles. The summed E-state index contributed by atoms with van der Waals surface area (Å²) in [5.74, 6) is 0. The second-order valence-electron chi connectivity index (χ2n) is 3.06. The van der Waals surface area contributed by atoms with Gasteiger partial charge in [0.2, 0.25) is 0 Å². The van der Waals surface area contributed by atoms with Crippen LogP contribution in [0.4, 0.5) is 13.2 Å². The summed E-state index contributed by atoms with van der Waals surface area (Å²) in [6.45, 7) is 1.98. The van der Waals surface area contributed by atoms with Crippen LogP contribution in [0.2, 0.25) is 0 Å². The van der Waals surface area contributed by atoms with Crippen molar-refractivity contribution in [2.75, 3.05) is 0 Å². The van der Waals surface area contributed by atoms with Crippen LogP contribution in [-0.2, 0) is 0 Å². The molecule has 0 aliphatic rings. The van der Waals surface area contributed by atoms with Gasteiger partial charge in [-0.05, 0) is 19.3 Å². The Balaban J connectivity index is 3.31. The highest BCUT2D eigenvalue weighted by Crippen LogP contribution is 2.22. The van der Waals surface area contributed by atoms with E-state index in [1.165, 1.54) is 0 Å². The fourth-order valence-electron chi connectivity index (χ4n) is 1.08. The first kappa shape index (κ1) is 11.8. The maximum atomic E-state index is 11.7. The summed E-state index contributed by atoms with van der Waals surface area (Å²) in [7, 11) is 0. The molecule has 1 atom stereocenters. The highest BCUT2D eigenvalue weighted by molar-refractivity contribution is 4.61. The van der Waals surface area contributed by atoms with E-state index in [4.69, 9.17) is 5.73 Å². The predicted molar refractivity (Wildman–Crippen MR) is 42.8 cm³/mol. The number of rotatable bonds is 5. The summed E-state index contributed by atoms with van der Waals surface area (Å²) in [6.07, 6.45) is -2.33. The molecule has 0 spiro atoms. The van der Waals surface area contributed by atoms with Crippen LogP contribution in [0, 0.1) is 0 Å². The molecule has 0 bridgehead atoms. The predicted octanol–water partition coefficient (Wildman–Crippen LogP) is 2.85. The molecule has 12 heavy (non-hydrogen) atoms. The number of hydrogen-bond acceptors (Lipinski definition) is 1. The quantitative estimate of drug-likeness (QED) is 0.696. The van der Waals surface area contributed by atoms with Gasteiger partial charge in [-0.1, -0.05) is 13.3 Å². The topological polar surface area (TPSA) is 26.0 Å². The Morgan fingerprint density at radius 3 is 2.25 bits per heavy atom. The van der Waals surface area contributed by atoms with Crippen LogP contribution in [0.3, 0.4) is 0 Å². The van der Waals surface area contributed by atoms with Crippen molar-refractivity contribution in [1.29, 1.82) is 0 Å². The van der Waals surface area contributed by atoms with Gasteiger partial charge in [0, 0.05) is 12.5 Å². The Labute approximate surface area is 71.1 Å². The summed E-state index contributed by atoms with van der Waals surface area (Å²) in [6, 6.07) is -0.0580. The first-order valence-electron chi connectivity index (χ1n) is 4.28. The molecule has 1 unspecified atom stereocenters. The largest absolute Gasteiger partial charge is 0.389 e. The Bertz CT molecular complexity index is 111. The van der Waals surface area contributed by atoms with Crippen molar-refractivity contribution in [3.8, 4) is 0 Å². The molecule has 0 aromatic rings. The minimum Gasteiger partial charge on any atom is -0.328 e. The van der Waals surface area contributed by atoms with Gasteiger partial charge in [-0.2, -0.15) is 13.2 Å². The van der Waals surface area contributed by atoms with Gasteiger partial charge < -0.3 is 5.73 Å². The maximum Gasteiger partial charge on any atom is 0.389 e. The monoisotopic (exact) mass is 183 g/mol. The Morgan fingerprint density at radius 1 is 1.25 bits per heavy atom. The van der Waals surface area contributed by atoms with Gasteiger partial charge in [-0.15, -0.1) is 0 Å². The van der Waals surface area contributed by atoms with Crippen molar-refractivity contribution in [2.24, 2.45) is 5.73 Å². The summed E-state index contributed by atoms with van der Waals surface area (Å²) in [5.41, 5.74) is 5.55. The van der Waals surface area contributed by atoms with Gasteiger partial charge in [0.1, 0.15) is 0 Å². The number of alkyl halides is 3. The molecule has 0 aromatic carbocycles. The average Bonchev–Trinajstić information content (AvgIpc) is 1.84. The van der Waals surface area contributed by atoms with Crippen molar-refractivity contribution in [3.05, 3.63) is 0 Å². The van der Waals surface area contributed by atoms with Crippen molar-refractivity contribution in [1.82, 2.24) is 0 Å². The lowest BCUT2D eigenvalue weighted by molar-refractivity contribution is -0.135. The van der Waals surface area contributed by atoms with Gasteiger partial charge in [-0.25, -0.2) is 0 Å². The average molecular weight is 183 g/mol. The highest BCUT2D eigenvalue weighted by Gasteiger charge is 2.26. The van der Waals surface area contributed by atoms with E-state index < -0.39 is 12.6 Å². The third-order valence-electron chi connectivity index (χ3n) is 1.69. The van der Waals surface area contributed by atoms with Crippen LogP contribution in [0.15, 0.2) is 0 Å². The zero-order valence-electron chi connectivity index (χ0n) is 7.32. The molecule has 0 saturated heterocycles. The number of halogens is 3. The van der Waals surface area contributed by atoms with E-state index in [1.54, 1.807) is 0 Å². The van der Waals surface area contributed by atoms with Crippen LogP contribution in [0.5, 0.6) is 0 Å². The van der Waals surface area contributed by atoms with Crippen LogP contribution >= 0.6 is 0 Å². The summed E-state index contributed by atoms with van der Waals surface area (Å²) in [5, 5.41) is 0. The molecule has 0 aliphatic carbocycles. The second kappa shape index (κ2) is 5.41. The lowest BCUT2D eigenvalue weighted by Gasteiger charge is -2.10. The summed E-state index contributed by atoms with van der Waals surface area (Å²) >= 11 is 0. The van der Waals surface area contributed by atoms with E-state index in [2.05, 4.69) is 0 Å². The molecule has 74 valence electrons. The van der Waals surface area contributed by atoms with Crippen LogP contribution in [-0.4, -0.2) is 12.2 Å². The standard InChI is InChI=1S/C8H16F3N/c1-2-4-7(12)5-3-6-8(9,10)11/h7H,2-6,12H2,1H3. The normalized spacial score (nSPS) is 14.8. The minimum absolute atomic E-state index is 0.0580. The number of hydrogen-bond donors (Lipinski definition) is 1. The van der Waals surface area contributed by atoms with E-state index in [0.29, 0.717) is 6.42 Å².